The third kappa shape index (κ3) is 2.89. The lowest BCUT2D eigenvalue weighted by Crippen LogP contribution is -2.37. The van der Waals surface area contributed by atoms with Crippen LogP contribution in [0.3, 0.4) is 0 Å². The van der Waals surface area contributed by atoms with Gasteiger partial charge in [-0.25, -0.2) is 0 Å². The van der Waals surface area contributed by atoms with Gasteiger partial charge >= 0.3 is 0 Å². The van der Waals surface area contributed by atoms with Crippen LogP contribution in [0, 0.1) is 0 Å². The molecule has 1 aliphatic rings. The molecule has 1 heterocycles. The lowest BCUT2D eigenvalue weighted by Gasteiger charge is -2.24. The third-order valence-electron chi connectivity index (χ3n) is 3.09. The first-order valence-electron chi connectivity index (χ1n) is 5.91. The molecule has 0 aromatic heterocycles. The lowest BCUT2D eigenvalue weighted by atomic mass is 10.2. The molecule has 0 amide bonds. The Hall–Kier alpha value is -0.730. The summed E-state index contributed by atoms with van der Waals surface area (Å²) < 4.78 is 0. The highest BCUT2D eigenvalue weighted by Crippen LogP contribution is 2.20. The van der Waals surface area contributed by atoms with Gasteiger partial charge < -0.3 is 10.2 Å². The zero-order chi connectivity index (χ0) is 11.5. The van der Waals surface area contributed by atoms with E-state index in [1.165, 1.54) is 12.1 Å². The average molecular weight is 239 g/mol. The Balaban J connectivity index is 2.11. The molecule has 88 valence electrons. The molecule has 2 nitrogen and oxygen atoms in total. The number of nitrogens with one attached hydrogen (secondary N) is 1. The Morgan fingerprint density at radius 3 is 2.56 bits per heavy atom. The molecule has 1 fully saturated rings. The molecule has 0 bridgehead atoms. The van der Waals surface area contributed by atoms with E-state index in [4.69, 9.17) is 11.6 Å². The minimum Gasteiger partial charge on any atom is -0.370 e. The van der Waals surface area contributed by atoms with Crippen LogP contribution in [-0.2, 0) is 0 Å². The van der Waals surface area contributed by atoms with E-state index in [9.17, 15) is 0 Å². The van der Waals surface area contributed by atoms with Crippen LogP contribution in [0.2, 0.25) is 5.02 Å². The number of hydrogen-bond acceptors (Lipinski definition) is 2. The summed E-state index contributed by atoms with van der Waals surface area (Å²) in [5, 5.41) is 4.39. The number of rotatable bonds is 1. The van der Waals surface area contributed by atoms with Gasteiger partial charge in [0.1, 0.15) is 0 Å². The van der Waals surface area contributed by atoms with Crippen molar-refractivity contribution in [3.05, 3.63) is 29.3 Å². The second kappa shape index (κ2) is 5.07. The van der Waals surface area contributed by atoms with Crippen LogP contribution in [0.4, 0.5) is 5.69 Å². The molecular formula is C13H19ClN2. The van der Waals surface area contributed by atoms with E-state index >= 15 is 0 Å². The SMILES string of the molecule is CC1CCN(c2ccc(Cl)cc2)CC(C)N1. The van der Waals surface area contributed by atoms with Crippen LogP contribution >= 0.6 is 11.6 Å². The molecular weight excluding hydrogens is 220 g/mol. The smallest absolute Gasteiger partial charge is 0.0407 e. The number of benzene rings is 1. The van der Waals surface area contributed by atoms with Crippen molar-refractivity contribution in [1.29, 1.82) is 0 Å². The molecule has 3 heteroatoms. The molecule has 1 N–H and O–H groups in total. The molecule has 0 aliphatic carbocycles. The van der Waals surface area contributed by atoms with Crippen molar-refractivity contribution < 1.29 is 0 Å². The minimum absolute atomic E-state index is 0.535. The van der Waals surface area contributed by atoms with Crippen molar-refractivity contribution in [3.63, 3.8) is 0 Å². The van der Waals surface area contributed by atoms with E-state index in [2.05, 4.69) is 36.2 Å². The van der Waals surface area contributed by atoms with E-state index < -0.39 is 0 Å². The van der Waals surface area contributed by atoms with Crippen LogP contribution < -0.4 is 10.2 Å². The average Bonchev–Trinajstić information content (AvgIpc) is 2.41. The van der Waals surface area contributed by atoms with Crippen LogP contribution in [-0.4, -0.2) is 25.2 Å². The van der Waals surface area contributed by atoms with Gasteiger partial charge in [0.15, 0.2) is 0 Å². The molecule has 1 aromatic carbocycles. The van der Waals surface area contributed by atoms with Crippen molar-refractivity contribution >= 4 is 17.3 Å². The summed E-state index contributed by atoms with van der Waals surface area (Å²) in [6.07, 6.45) is 1.19. The number of halogens is 1. The standard InChI is InChI=1S/C13H19ClN2/c1-10-7-8-16(9-11(2)15-10)13-5-3-12(14)4-6-13/h3-6,10-11,15H,7-9H2,1-2H3. The number of nitrogens with zero attached hydrogens (tertiary/aromatic N) is 1. The molecule has 0 spiro atoms. The zero-order valence-corrected chi connectivity index (χ0v) is 10.7. The molecule has 1 saturated heterocycles. The maximum atomic E-state index is 5.90. The van der Waals surface area contributed by atoms with Crippen molar-refractivity contribution in [2.45, 2.75) is 32.4 Å². The highest BCUT2D eigenvalue weighted by molar-refractivity contribution is 6.30. The maximum Gasteiger partial charge on any atom is 0.0407 e. The van der Waals surface area contributed by atoms with Crippen LogP contribution in [0.1, 0.15) is 20.3 Å². The van der Waals surface area contributed by atoms with Gasteiger partial charge in [-0.1, -0.05) is 11.6 Å². The Morgan fingerprint density at radius 1 is 1.19 bits per heavy atom. The van der Waals surface area contributed by atoms with E-state index in [1.807, 2.05) is 12.1 Å². The van der Waals surface area contributed by atoms with E-state index in [1.54, 1.807) is 0 Å². The number of hydrogen-bond donors (Lipinski definition) is 1. The number of anilines is 1. The van der Waals surface area contributed by atoms with E-state index in [0.717, 1.165) is 18.1 Å². The van der Waals surface area contributed by atoms with Gasteiger partial charge in [0, 0.05) is 35.9 Å². The van der Waals surface area contributed by atoms with Gasteiger partial charge in [-0.05, 0) is 44.5 Å². The van der Waals surface area contributed by atoms with Gasteiger partial charge in [-0.2, -0.15) is 0 Å². The molecule has 16 heavy (non-hydrogen) atoms. The molecule has 1 aromatic rings. The monoisotopic (exact) mass is 238 g/mol. The Morgan fingerprint density at radius 2 is 1.88 bits per heavy atom. The van der Waals surface area contributed by atoms with Crippen molar-refractivity contribution in [2.24, 2.45) is 0 Å². The molecule has 0 saturated carbocycles. The second-order valence-corrected chi connectivity index (χ2v) is 5.12. The third-order valence-corrected chi connectivity index (χ3v) is 3.34. The predicted octanol–water partition coefficient (Wildman–Crippen LogP) is 2.92. The quantitative estimate of drug-likeness (QED) is 0.810. The molecule has 2 unspecified atom stereocenters. The van der Waals surface area contributed by atoms with Gasteiger partial charge in [0.05, 0.1) is 0 Å². The highest BCUT2D eigenvalue weighted by Gasteiger charge is 2.18. The molecule has 2 rings (SSSR count). The molecule has 2 atom stereocenters. The molecule has 0 radical (unpaired) electrons. The fraction of sp³-hybridized carbons (Fsp3) is 0.538. The topological polar surface area (TPSA) is 15.3 Å². The summed E-state index contributed by atoms with van der Waals surface area (Å²) in [6, 6.07) is 9.27. The first-order valence-corrected chi connectivity index (χ1v) is 6.29. The van der Waals surface area contributed by atoms with E-state index in [0.29, 0.717) is 12.1 Å². The summed E-state index contributed by atoms with van der Waals surface area (Å²) in [5.74, 6) is 0. The Bertz CT molecular complexity index is 336. The summed E-state index contributed by atoms with van der Waals surface area (Å²) >= 11 is 5.90. The fourth-order valence-electron chi connectivity index (χ4n) is 2.28. The van der Waals surface area contributed by atoms with Crippen LogP contribution in [0.5, 0.6) is 0 Å². The zero-order valence-electron chi connectivity index (χ0n) is 9.91. The second-order valence-electron chi connectivity index (χ2n) is 4.68. The minimum atomic E-state index is 0.535. The highest BCUT2D eigenvalue weighted by atomic mass is 35.5. The summed E-state index contributed by atoms with van der Waals surface area (Å²) in [5.41, 5.74) is 1.27. The van der Waals surface area contributed by atoms with E-state index in [-0.39, 0.29) is 0 Å². The Labute approximate surface area is 103 Å². The first kappa shape index (κ1) is 11.7. The lowest BCUT2D eigenvalue weighted by molar-refractivity contribution is 0.492. The summed E-state index contributed by atoms with van der Waals surface area (Å²) in [4.78, 5) is 2.43. The normalized spacial score (nSPS) is 26.6. The van der Waals surface area contributed by atoms with Crippen molar-refractivity contribution in [1.82, 2.24) is 5.32 Å². The molecule has 1 aliphatic heterocycles. The van der Waals surface area contributed by atoms with Gasteiger partial charge in [-0.15, -0.1) is 0 Å². The largest absolute Gasteiger partial charge is 0.370 e. The summed E-state index contributed by atoms with van der Waals surface area (Å²) in [7, 11) is 0. The van der Waals surface area contributed by atoms with Crippen molar-refractivity contribution in [3.8, 4) is 0 Å². The van der Waals surface area contributed by atoms with Gasteiger partial charge in [0.2, 0.25) is 0 Å². The van der Waals surface area contributed by atoms with Gasteiger partial charge in [-0.3, -0.25) is 0 Å². The maximum absolute atomic E-state index is 5.90. The van der Waals surface area contributed by atoms with Crippen LogP contribution in [0.15, 0.2) is 24.3 Å². The Kier molecular flexibility index (Phi) is 3.72. The van der Waals surface area contributed by atoms with Crippen molar-refractivity contribution in [2.75, 3.05) is 18.0 Å². The fourth-order valence-corrected chi connectivity index (χ4v) is 2.41. The predicted molar refractivity (Wildman–Crippen MR) is 70.3 cm³/mol. The first-order chi connectivity index (χ1) is 7.65. The van der Waals surface area contributed by atoms with Gasteiger partial charge in [0.25, 0.3) is 0 Å². The van der Waals surface area contributed by atoms with Crippen LogP contribution in [0.25, 0.3) is 0 Å². The summed E-state index contributed by atoms with van der Waals surface area (Å²) in [6.45, 7) is 6.67.